The Bertz CT molecular complexity index is 508. The van der Waals surface area contributed by atoms with Crippen LogP contribution < -0.4 is 0 Å². The monoisotopic (exact) mass is 282 g/mol. The molecule has 5 nitrogen and oxygen atoms in total. The van der Waals surface area contributed by atoms with Gasteiger partial charge in [-0.15, -0.1) is 11.3 Å². The number of amides is 1. The van der Waals surface area contributed by atoms with Crippen LogP contribution in [0.25, 0.3) is 0 Å². The van der Waals surface area contributed by atoms with Crippen LogP contribution in [0.5, 0.6) is 0 Å². The molecule has 0 aliphatic heterocycles. The van der Waals surface area contributed by atoms with Crippen molar-refractivity contribution in [2.24, 2.45) is 5.92 Å². The third-order valence-corrected chi connectivity index (χ3v) is 4.62. The first-order valence-corrected chi connectivity index (χ1v) is 7.18. The standard InChI is InChI=1S/C13H18N2O3S/c1-7-11(12(16)15(3)8(2)13(17)18)19-10(14-7)6-9-4-5-9/h8-9H,4-6H2,1-3H3,(H,17,18). The van der Waals surface area contributed by atoms with Gasteiger partial charge in [0, 0.05) is 13.5 Å². The first kappa shape index (κ1) is 14.0. The number of aromatic nitrogens is 1. The zero-order valence-electron chi connectivity index (χ0n) is 11.3. The van der Waals surface area contributed by atoms with Gasteiger partial charge in [0.05, 0.1) is 10.7 Å². The maximum Gasteiger partial charge on any atom is 0.326 e. The lowest BCUT2D eigenvalue weighted by Crippen LogP contribution is -2.40. The van der Waals surface area contributed by atoms with E-state index in [4.69, 9.17) is 5.11 Å². The molecule has 1 aromatic heterocycles. The summed E-state index contributed by atoms with van der Waals surface area (Å²) in [6, 6.07) is -0.833. The minimum atomic E-state index is -1.00. The maximum atomic E-state index is 12.3. The Morgan fingerprint density at radius 2 is 2.16 bits per heavy atom. The van der Waals surface area contributed by atoms with Gasteiger partial charge < -0.3 is 10.0 Å². The van der Waals surface area contributed by atoms with Gasteiger partial charge in [-0.05, 0) is 32.6 Å². The molecule has 1 saturated carbocycles. The van der Waals surface area contributed by atoms with E-state index in [1.54, 1.807) is 6.92 Å². The molecule has 104 valence electrons. The molecule has 1 heterocycles. The number of hydrogen-bond donors (Lipinski definition) is 1. The van der Waals surface area contributed by atoms with Crippen LogP contribution in [-0.4, -0.2) is 40.0 Å². The van der Waals surface area contributed by atoms with Crippen molar-refractivity contribution in [3.63, 3.8) is 0 Å². The molecule has 0 bridgehead atoms. The number of thiazole rings is 1. The van der Waals surface area contributed by atoms with E-state index in [1.807, 2.05) is 0 Å². The number of nitrogens with zero attached hydrogens (tertiary/aromatic N) is 2. The molecule has 0 spiro atoms. The number of aliphatic carboxylic acids is 1. The Kier molecular flexibility index (Phi) is 3.89. The Morgan fingerprint density at radius 3 is 2.68 bits per heavy atom. The fourth-order valence-electron chi connectivity index (χ4n) is 1.81. The van der Waals surface area contributed by atoms with E-state index in [-0.39, 0.29) is 5.91 Å². The average Bonchev–Trinajstić information content (AvgIpc) is 3.09. The molecule has 0 radical (unpaired) electrons. The van der Waals surface area contributed by atoms with Gasteiger partial charge in [-0.1, -0.05) is 0 Å². The third-order valence-electron chi connectivity index (χ3n) is 3.45. The summed E-state index contributed by atoms with van der Waals surface area (Å²) in [5.41, 5.74) is 0.704. The molecule has 1 fully saturated rings. The normalized spacial score (nSPS) is 16.2. The van der Waals surface area contributed by atoms with Crippen LogP contribution in [0.4, 0.5) is 0 Å². The van der Waals surface area contributed by atoms with Crippen LogP contribution in [0.15, 0.2) is 0 Å². The third kappa shape index (κ3) is 3.12. The van der Waals surface area contributed by atoms with Crippen molar-refractivity contribution in [1.82, 2.24) is 9.88 Å². The molecule has 1 amide bonds. The Morgan fingerprint density at radius 1 is 1.53 bits per heavy atom. The summed E-state index contributed by atoms with van der Waals surface area (Å²) in [6.07, 6.45) is 3.44. The van der Waals surface area contributed by atoms with Crippen molar-refractivity contribution < 1.29 is 14.7 Å². The average molecular weight is 282 g/mol. The number of carbonyl (C=O) groups is 2. The van der Waals surface area contributed by atoms with Gasteiger partial charge in [0.1, 0.15) is 10.9 Å². The van der Waals surface area contributed by atoms with Gasteiger partial charge >= 0.3 is 5.97 Å². The van der Waals surface area contributed by atoms with Crippen molar-refractivity contribution in [3.8, 4) is 0 Å². The highest BCUT2D eigenvalue weighted by molar-refractivity contribution is 7.13. The van der Waals surface area contributed by atoms with Gasteiger partial charge in [-0.2, -0.15) is 0 Å². The highest BCUT2D eigenvalue weighted by Gasteiger charge is 2.28. The van der Waals surface area contributed by atoms with Gasteiger partial charge in [0.2, 0.25) is 0 Å². The highest BCUT2D eigenvalue weighted by atomic mass is 32.1. The molecular weight excluding hydrogens is 264 g/mol. The van der Waals surface area contributed by atoms with Crippen molar-refractivity contribution in [3.05, 3.63) is 15.6 Å². The van der Waals surface area contributed by atoms with E-state index in [0.29, 0.717) is 10.6 Å². The Hall–Kier alpha value is -1.43. The summed E-state index contributed by atoms with van der Waals surface area (Å²) in [4.78, 5) is 29.4. The van der Waals surface area contributed by atoms with E-state index in [9.17, 15) is 9.59 Å². The number of hydrogen-bond acceptors (Lipinski definition) is 4. The zero-order valence-corrected chi connectivity index (χ0v) is 12.2. The SMILES string of the molecule is Cc1nc(CC2CC2)sc1C(=O)N(C)C(C)C(=O)O. The fraction of sp³-hybridized carbons (Fsp3) is 0.615. The number of carboxylic acid groups (broad SMARTS) is 1. The van der Waals surface area contributed by atoms with E-state index in [1.165, 1.54) is 43.0 Å². The molecular formula is C13H18N2O3S. The predicted octanol–water partition coefficient (Wildman–Crippen LogP) is 1.95. The van der Waals surface area contributed by atoms with E-state index in [0.717, 1.165) is 17.3 Å². The molecule has 1 atom stereocenters. The van der Waals surface area contributed by atoms with Crippen molar-refractivity contribution in [2.75, 3.05) is 7.05 Å². The van der Waals surface area contributed by atoms with Crippen LogP contribution in [0.2, 0.25) is 0 Å². The van der Waals surface area contributed by atoms with E-state index < -0.39 is 12.0 Å². The van der Waals surface area contributed by atoms with Crippen LogP contribution in [-0.2, 0) is 11.2 Å². The van der Waals surface area contributed by atoms with Gasteiger partial charge in [0.15, 0.2) is 0 Å². The highest BCUT2D eigenvalue weighted by Crippen LogP contribution is 2.34. The van der Waals surface area contributed by atoms with Crippen molar-refractivity contribution in [1.29, 1.82) is 0 Å². The Balaban J connectivity index is 2.13. The molecule has 1 aromatic rings. The van der Waals surface area contributed by atoms with Gasteiger partial charge in [-0.25, -0.2) is 9.78 Å². The topological polar surface area (TPSA) is 70.5 Å². The lowest BCUT2D eigenvalue weighted by molar-refractivity contribution is -0.141. The Labute approximate surface area is 116 Å². The summed E-state index contributed by atoms with van der Waals surface area (Å²) in [6.45, 7) is 3.31. The molecule has 0 aromatic carbocycles. The zero-order chi connectivity index (χ0) is 14.2. The summed E-state index contributed by atoms with van der Waals surface area (Å²) in [5, 5.41) is 9.93. The molecule has 1 N–H and O–H groups in total. The van der Waals surface area contributed by atoms with E-state index in [2.05, 4.69) is 4.98 Å². The van der Waals surface area contributed by atoms with Gasteiger partial charge in [-0.3, -0.25) is 4.79 Å². The number of carbonyl (C=O) groups excluding carboxylic acids is 1. The smallest absolute Gasteiger partial charge is 0.326 e. The minimum absolute atomic E-state index is 0.257. The number of aryl methyl sites for hydroxylation is 1. The molecule has 2 rings (SSSR count). The van der Waals surface area contributed by atoms with Crippen molar-refractivity contribution in [2.45, 2.75) is 39.2 Å². The maximum absolute atomic E-state index is 12.3. The number of carboxylic acids is 1. The first-order chi connectivity index (χ1) is 8.90. The lowest BCUT2D eigenvalue weighted by atomic mass is 10.2. The van der Waals surface area contributed by atoms with Crippen LogP contribution in [0, 0.1) is 12.8 Å². The quantitative estimate of drug-likeness (QED) is 0.896. The fourth-order valence-corrected chi connectivity index (χ4v) is 2.97. The second-order valence-corrected chi connectivity index (χ2v) is 6.18. The number of likely N-dealkylation sites (N-methyl/N-ethyl adjacent to an activating group) is 1. The minimum Gasteiger partial charge on any atom is -0.480 e. The molecule has 0 saturated heterocycles. The molecule has 6 heteroatoms. The second kappa shape index (κ2) is 5.28. The summed E-state index contributed by atoms with van der Waals surface area (Å²) >= 11 is 1.40. The van der Waals surface area contributed by atoms with Crippen LogP contribution in [0.3, 0.4) is 0 Å². The summed E-state index contributed by atoms with van der Waals surface area (Å²) < 4.78 is 0. The largest absolute Gasteiger partial charge is 0.480 e. The van der Waals surface area contributed by atoms with Gasteiger partial charge in [0.25, 0.3) is 5.91 Å². The molecule has 1 aliphatic carbocycles. The summed E-state index contributed by atoms with van der Waals surface area (Å²) in [5.74, 6) is -0.535. The van der Waals surface area contributed by atoms with Crippen molar-refractivity contribution >= 4 is 23.2 Å². The van der Waals surface area contributed by atoms with E-state index >= 15 is 0 Å². The predicted molar refractivity (Wildman–Crippen MR) is 72.5 cm³/mol. The molecule has 1 unspecified atom stereocenters. The summed E-state index contributed by atoms with van der Waals surface area (Å²) in [7, 11) is 1.51. The first-order valence-electron chi connectivity index (χ1n) is 6.36. The van der Waals surface area contributed by atoms with Crippen LogP contribution >= 0.6 is 11.3 Å². The second-order valence-electron chi connectivity index (χ2n) is 5.10. The molecule has 19 heavy (non-hydrogen) atoms. The number of rotatable bonds is 5. The lowest BCUT2D eigenvalue weighted by Gasteiger charge is -2.20. The van der Waals surface area contributed by atoms with Crippen LogP contribution in [0.1, 0.15) is 40.1 Å². The molecule has 1 aliphatic rings.